The largest absolute Gasteiger partial charge is 0.368 e. The normalized spacial score (nSPS) is 16.8. The fraction of sp³-hybridized carbons (Fsp3) is 0.444. The number of rotatable bonds is 4. The first-order valence-corrected chi connectivity index (χ1v) is 12.4. The van der Waals surface area contributed by atoms with E-state index in [4.69, 9.17) is 4.98 Å². The zero-order chi connectivity index (χ0) is 23.7. The molecule has 1 aromatic heterocycles. The van der Waals surface area contributed by atoms with Crippen molar-refractivity contribution in [3.8, 4) is 0 Å². The number of anilines is 2. The summed E-state index contributed by atoms with van der Waals surface area (Å²) in [6.45, 7) is 8.95. The van der Waals surface area contributed by atoms with Gasteiger partial charge in [-0.15, -0.1) is 0 Å². The average molecular weight is 460 g/mol. The van der Waals surface area contributed by atoms with Crippen LogP contribution in [0.15, 0.2) is 47.3 Å². The number of amides is 1. The molecule has 3 aromatic rings. The Morgan fingerprint density at radius 1 is 0.853 bits per heavy atom. The summed E-state index contributed by atoms with van der Waals surface area (Å²) in [5.41, 5.74) is 4.38. The third-order valence-electron chi connectivity index (χ3n) is 7.32. The van der Waals surface area contributed by atoms with Crippen molar-refractivity contribution in [2.24, 2.45) is 0 Å². The molecule has 2 aliphatic heterocycles. The third-order valence-corrected chi connectivity index (χ3v) is 7.32. The van der Waals surface area contributed by atoms with Gasteiger partial charge in [0.1, 0.15) is 6.54 Å². The van der Waals surface area contributed by atoms with Crippen LogP contribution in [0.3, 0.4) is 0 Å². The van der Waals surface area contributed by atoms with Crippen molar-refractivity contribution in [3.05, 3.63) is 63.9 Å². The second kappa shape index (κ2) is 9.49. The van der Waals surface area contributed by atoms with Gasteiger partial charge in [-0.25, -0.2) is 4.98 Å². The summed E-state index contributed by atoms with van der Waals surface area (Å²) in [6.07, 6.45) is 3.35. The van der Waals surface area contributed by atoms with Gasteiger partial charge in [0, 0.05) is 45.0 Å². The van der Waals surface area contributed by atoms with E-state index in [1.807, 2.05) is 23.1 Å². The van der Waals surface area contributed by atoms with E-state index in [-0.39, 0.29) is 18.0 Å². The van der Waals surface area contributed by atoms with E-state index in [2.05, 4.69) is 41.8 Å². The van der Waals surface area contributed by atoms with Gasteiger partial charge < -0.3 is 14.7 Å². The molecule has 2 aromatic carbocycles. The van der Waals surface area contributed by atoms with Gasteiger partial charge in [0.15, 0.2) is 0 Å². The van der Waals surface area contributed by atoms with E-state index >= 15 is 0 Å². The van der Waals surface area contributed by atoms with E-state index in [0.29, 0.717) is 29.9 Å². The van der Waals surface area contributed by atoms with Crippen LogP contribution in [0.1, 0.15) is 30.4 Å². The van der Waals surface area contributed by atoms with Crippen LogP contribution in [0.25, 0.3) is 10.9 Å². The molecule has 3 heterocycles. The molecule has 178 valence electrons. The number of fused-ring (bicyclic) bond motifs is 1. The molecule has 5 rings (SSSR count). The first kappa shape index (κ1) is 22.4. The van der Waals surface area contributed by atoms with Crippen molar-refractivity contribution >= 4 is 28.4 Å². The number of piperidine rings is 1. The number of hydrogen-bond donors (Lipinski definition) is 0. The number of para-hydroxylation sites is 1. The molecule has 34 heavy (non-hydrogen) atoms. The minimum atomic E-state index is -0.131. The Kier molecular flexibility index (Phi) is 6.26. The van der Waals surface area contributed by atoms with Crippen LogP contribution < -0.4 is 15.4 Å². The van der Waals surface area contributed by atoms with Gasteiger partial charge in [0.2, 0.25) is 11.9 Å². The zero-order valence-electron chi connectivity index (χ0n) is 20.2. The highest BCUT2D eigenvalue weighted by molar-refractivity contribution is 5.81. The van der Waals surface area contributed by atoms with Crippen molar-refractivity contribution < 1.29 is 4.79 Å². The minimum Gasteiger partial charge on any atom is -0.368 e. The summed E-state index contributed by atoms with van der Waals surface area (Å²) in [7, 11) is 0. The lowest BCUT2D eigenvalue weighted by molar-refractivity contribution is -0.132. The number of aromatic nitrogens is 2. The first-order chi connectivity index (χ1) is 16.5. The molecule has 0 unspecified atom stereocenters. The molecule has 0 bridgehead atoms. The number of piperazine rings is 1. The second-order valence-electron chi connectivity index (χ2n) is 9.45. The molecule has 0 spiro atoms. The van der Waals surface area contributed by atoms with Gasteiger partial charge in [-0.05, 0) is 62.4 Å². The highest BCUT2D eigenvalue weighted by Gasteiger charge is 2.25. The number of carbonyl (C=O) groups excluding carboxylic acids is 1. The fourth-order valence-electron chi connectivity index (χ4n) is 5.14. The molecule has 2 saturated heterocycles. The quantitative estimate of drug-likeness (QED) is 0.599. The van der Waals surface area contributed by atoms with Crippen LogP contribution in [0, 0.1) is 13.8 Å². The van der Waals surface area contributed by atoms with Crippen molar-refractivity contribution in [1.82, 2.24) is 14.5 Å². The van der Waals surface area contributed by atoms with E-state index in [1.54, 1.807) is 10.6 Å². The predicted octanol–water partition coefficient (Wildman–Crippen LogP) is 3.35. The SMILES string of the molecule is Cc1cccc(N2CCN(C(=O)Cn3c(N4CCCCC4)nc4ccccc4c3=O)CC2)c1C. The molecule has 0 aliphatic carbocycles. The third kappa shape index (κ3) is 4.27. The van der Waals surface area contributed by atoms with Crippen LogP contribution >= 0.6 is 0 Å². The molecular weight excluding hydrogens is 426 g/mol. The number of hydrogen-bond acceptors (Lipinski definition) is 5. The molecule has 0 radical (unpaired) electrons. The molecule has 0 saturated carbocycles. The van der Waals surface area contributed by atoms with Crippen LogP contribution in [-0.4, -0.2) is 59.6 Å². The Balaban J connectivity index is 1.37. The fourth-order valence-corrected chi connectivity index (χ4v) is 5.14. The zero-order valence-corrected chi connectivity index (χ0v) is 20.2. The maximum atomic E-state index is 13.4. The first-order valence-electron chi connectivity index (χ1n) is 12.4. The van der Waals surface area contributed by atoms with E-state index < -0.39 is 0 Å². The Morgan fingerprint density at radius 2 is 1.59 bits per heavy atom. The number of benzene rings is 2. The standard InChI is InChI=1S/C27H33N5O2/c1-20-9-8-12-24(21(20)2)29-15-17-30(18-16-29)25(33)19-32-26(34)22-10-4-5-11-23(22)28-27(32)31-13-6-3-7-14-31/h4-5,8-12H,3,6-7,13-19H2,1-2H3. The molecule has 7 heteroatoms. The van der Waals surface area contributed by atoms with Gasteiger partial charge >= 0.3 is 0 Å². The molecule has 7 nitrogen and oxygen atoms in total. The maximum absolute atomic E-state index is 13.4. The van der Waals surface area contributed by atoms with E-state index in [9.17, 15) is 9.59 Å². The van der Waals surface area contributed by atoms with Crippen molar-refractivity contribution in [1.29, 1.82) is 0 Å². The Morgan fingerprint density at radius 3 is 2.35 bits per heavy atom. The van der Waals surface area contributed by atoms with Gasteiger partial charge in [-0.1, -0.05) is 24.3 Å². The van der Waals surface area contributed by atoms with Gasteiger partial charge in [-0.3, -0.25) is 14.2 Å². The molecule has 2 aliphatic rings. The summed E-state index contributed by atoms with van der Waals surface area (Å²) >= 11 is 0. The predicted molar refractivity (Wildman–Crippen MR) is 137 cm³/mol. The van der Waals surface area contributed by atoms with Gasteiger partial charge in [0.05, 0.1) is 10.9 Å². The lowest BCUT2D eigenvalue weighted by Gasteiger charge is -2.37. The van der Waals surface area contributed by atoms with E-state index in [1.165, 1.54) is 23.2 Å². The second-order valence-corrected chi connectivity index (χ2v) is 9.45. The van der Waals surface area contributed by atoms with Crippen LogP contribution in [0.4, 0.5) is 11.6 Å². The summed E-state index contributed by atoms with van der Waals surface area (Å²) < 4.78 is 1.60. The topological polar surface area (TPSA) is 61.7 Å². The van der Waals surface area contributed by atoms with Gasteiger partial charge in [0.25, 0.3) is 5.56 Å². The minimum absolute atomic E-state index is 0.0157. The lowest BCUT2D eigenvalue weighted by atomic mass is 10.1. The molecule has 0 N–H and O–H groups in total. The highest BCUT2D eigenvalue weighted by Crippen LogP contribution is 2.24. The maximum Gasteiger partial charge on any atom is 0.263 e. The number of carbonyl (C=O) groups is 1. The smallest absolute Gasteiger partial charge is 0.263 e. The monoisotopic (exact) mass is 459 g/mol. The Bertz CT molecular complexity index is 1250. The summed E-state index contributed by atoms with van der Waals surface area (Å²) in [6, 6.07) is 13.8. The molecule has 1 amide bonds. The highest BCUT2D eigenvalue weighted by atomic mass is 16.2. The molecular formula is C27H33N5O2. The van der Waals surface area contributed by atoms with Crippen LogP contribution in [-0.2, 0) is 11.3 Å². The Labute approximate surface area is 200 Å². The van der Waals surface area contributed by atoms with Crippen molar-refractivity contribution in [3.63, 3.8) is 0 Å². The van der Waals surface area contributed by atoms with Crippen LogP contribution in [0.5, 0.6) is 0 Å². The number of nitrogens with zero attached hydrogens (tertiary/aromatic N) is 5. The Hall–Kier alpha value is -3.35. The average Bonchev–Trinajstić information content (AvgIpc) is 2.88. The summed E-state index contributed by atoms with van der Waals surface area (Å²) in [4.78, 5) is 38.0. The van der Waals surface area contributed by atoms with Crippen molar-refractivity contribution in [2.45, 2.75) is 39.7 Å². The summed E-state index contributed by atoms with van der Waals surface area (Å²) in [5, 5.41) is 0.566. The molecule has 0 atom stereocenters. The van der Waals surface area contributed by atoms with Gasteiger partial charge in [-0.2, -0.15) is 0 Å². The van der Waals surface area contributed by atoms with Crippen LogP contribution in [0.2, 0.25) is 0 Å². The lowest BCUT2D eigenvalue weighted by Crippen LogP contribution is -2.50. The molecule has 2 fully saturated rings. The van der Waals surface area contributed by atoms with E-state index in [0.717, 1.165) is 39.0 Å². The van der Waals surface area contributed by atoms with Crippen molar-refractivity contribution in [2.75, 3.05) is 49.1 Å². The number of aryl methyl sites for hydroxylation is 1. The summed E-state index contributed by atoms with van der Waals surface area (Å²) in [5.74, 6) is 0.615.